The number of likely N-dealkylation sites (tertiary alicyclic amines) is 1. The van der Waals surface area contributed by atoms with E-state index in [0.717, 1.165) is 42.5 Å². The van der Waals surface area contributed by atoms with Crippen LogP contribution in [0.15, 0.2) is 43.0 Å². The fourth-order valence-corrected chi connectivity index (χ4v) is 4.81. The fraction of sp³-hybridized carbons (Fsp3) is 0.450. The van der Waals surface area contributed by atoms with Crippen LogP contribution in [-0.2, 0) is 11.2 Å². The van der Waals surface area contributed by atoms with Gasteiger partial charge in [-0.3, -0.25) is 9.89 Å². The number of aromatic amines is 1. The molecule has 27 heavy (non-hydrogen) atoms. The second-order valence-corrected chi connectivity index (χ2v) is 7.83. The molecular formula is C20H23N5O2. The topological polar surface area (TPSA) is 87.0 Å². The third-order valence-corrected chi connectivity index (χ3v) is 6.24. The Hall–Kier alpha value is -2.67. The average molecular weight is 365 g/mol. The maximum absolute atomic E-state index is 12.9. The molecular weight excluding hydrogens is 342 g/mol. The first-order valence-electron chi connectivity index (χ1n) is 9.54. The lowest BCUT2D eigenvalue weighted by atomic mass is 9.77. The monoisotopic (exact) mass is 365 g/mol. The number of carbonyl (C=O) groups is 1. The summed E-state index contributed by atoms with van der Waals surface area (Å²) >= 11 is 0. The highest BCUT2D eigenvalue weighted by Crippen LogP contribution is 2.41. The minimum atomic E-state index is -0.382. The number of amides is 1. The number of aliphatic hydroxyl groups excluding tert-OH is 1. The van der Waals surface area contributed by atoms with Gasteiger partial charge in [0, 0.05) is 30.9 Å². The van der Waals surface area contributed by atoms with Crippen LogP contribution in [0.5, 0.6) is 0 Å². The summed E-state index contributed by atoms with van der Waals surface area (Å²) in [7, 11) is 0. The number of para-hydroxylation sites is 1. The van der Waals surface area contributed by atoms with E-state index in [1.54, 1.807) is 12.5 Å². The first kappa shape index (κ1) is 16.5. The van der Waals surface area contributed by atoms with Crippen LogP contribution in [0.3, 0.4) is 0 Å². The van der Waals surface area contributed by atoms with Crippen molar-refractivity contribution in [2.75, 3.05) is 13.1 Å². The quantitative estimate of drug-likeness (QED) is 0.741. The molecule has 140 valence electrons. The summed E-state index contributed by atoms with van der Waals surface area (Å²) in [6.45, 7) is 1.51. The Morgan fingerprint density at radius 2 is 2.04 bits per heavy atom. The molecule has 1 aliphatic carbocycles. The van der Waals surface area contributed by atoms with Gasteiger partial charge in [-0.1, -0.05) is 18.2 Å². The molecule has 2 aliphatic rings. The summed E-state index contributed by atoms with van der Waals surface area (Å²) in [4.78, 5) is 19.0. The Morgan fingerprint density at radius 1 is 1.22 bits per heavy atom. The van der Waals surface area contributed by atoms with Gasteiger partial charge in [-0.25, -0.2) is 4.98 Å². The van der Waals surface area contributed by atoms with Crippen LogP contribution < -0.4 is 0 Å². The van der Waals surface area contributed by atoms with Gasteiger partial charge in [0.15, 0.2) is 0 Å². The maximum atomic E-state index is 12.9. The average Bonchev–Trinajstić information content (AvgIpc) is 3.40. The normalized spacial score (nSPS) is 27.8. The van der Waals surface area contributed by atoms with Crippen LogP contribution in [0, 0.1) is 11.8 Å². The molecule has 0 spiro atoms. The van der Waals surface area contributed by atoms with Gasteiger partial charge in [-0.05, 0) is 30.7 Å². The van der Waals surface area contributed by atoms with Gasteiger partial charge in [0.25, 0.3) is 0 Å². The van der Waals surface area contributed by atoms with E-state index in [9.17, 15) is 9.90 Å². The zero-order chi connectivity index (χ0) is 18.4. The third kappa shape index (κ3) is 2.92. The number of carbonyl (C=O) groups excluding carboxylic acids is 1. The Labute approximate surface area is 157 Å². The molecule has 1 aromatic carbocycles. The SMILES string of the molecule is O=C(Cc1[nH]nc2ccccc12)N1C[C@H]2C[C@@H](n3ccnc3)[C@H](O)C[C@H]2C1. The van der Waals surface area contributed by atoms with E-state index in [1.807, 2.05) is 39.9 Å². The first-order chi connectivity index (χ1) is 13.2. The smallest absolute Gasteiger partial charge is 0.228 e. The number of nitrogens with one attached hydrogen (secondary N) is 1. The van der Waals surface area contributed by atoms with Crippen molar-refractivity contribution in [2.24, 2.45) is 11.8 Å². The lowest BCUT2D eigenvalue weighted by Gasteiger charge is -2.35. The summed E-state index contributed by atoms with van der Waals surface area (Å²) in [5.41, 5.74) is 1.77. The van der Waals surface area contributed by atoms with Crippen molar-refractivity contribution < 1.29 is 9.90 Å². The number of aliphatic hydroxyl groups is 1. The number of benzene rings is 1. The fourth-order valence-electron chi connectivity index (χ4n) is 4.81. The Morgan fingerprint density at radius 3 is 2.85 bits per heavy atom. The van der Waals surface area contributed by atoms with Crippen molar-refractivity contribution in [1.29, 1.82) is 0 Å². The van der Waals surface area contributed by atoms with Crippen molar-refractivity contribution in [3.63, 3.8) is 0 Å². The Bertz CT molecular complexity index is 950. The molecule has 1 amide bonds. The lowest BCUT2D eigenvalue weighted by molar-refractivity contribution is -0.129. The van der Waals surface area contributed by atoms with Crippen LogP contribution in [0.1, 0.15) is 24.6 Å². The molecule has 2 N–H and O–H groups in total. The molecule has 0 unspecified atom stereocenters. The molecule has 3 aromatic rings. The van der Waals surface area contributed by atoms with Crippen LogP contribution in [0.2, 0.25) is 0 Å². The second kappa shape index (κ2) is 6.49. The highest BCUT2D eigenvalue weighted by atomic mass is 16.3. The number of rotatable bonds is 3. The standard InChI is InChI=1S/C20H23N5O2/c26-19-8-14-11-25(10-13(14)7-18(19)24-6-5-21-12-24)20(27)9-17-15-3-1-2-4-16(15)22-23-17/h1-6,12-14,18-19,26H,7-11H2,(H,22,23)/t13-,14+,18-,19-/m1/s1. The highest BCUT2D eigenvalue weighted by Gasteiger charge is 2.43. The van der Waals surface area contributed by atoms with Gasteiger partial charge in [0.05, 0.1) is 36.1 Å². The third-order valence-electron chi connectivity index (χ3n) is 6.24. The van der Waals surface area contributed by atoms with E-state index in [1.165, 1.54) is 0 Å². The summed E-state index contributed by atoms with van der Waals surface area (Å²) in [6, 6.07) is 7.91. The summed E-state index contributed by atoms with van der Waals surface area (Å²) < 4.78 is 2.00. The molecule has 3 heterocycles. The maximum Gasteiger partial charge on any atom is 0.228 e. The van der Waals surface area contributed by atoms with Gasteiger partial charge in [0.1, 0.15) is 0 Å². The van der Waals surface area contributed by atoms with Gasteiger partial charge in [-0.15, -0.1) is 0 Å². The predicted molar refractivity (Wildman–Crippen MR) is 99.9 cm³/mol. The van der Waals surface area contributed by atoms with Crippen LogP contribution in [0.25, 0.3) is 10.9 Å². The number of H-pyrrole nitrogens is 1. The summed E-state index contributed by atoms with van der Waals surface area (Å²) in [6.07, 6.45) is 7.02. The van der Waals surface area contributed by atoms with Crippen molar-refractivity contribution in [1.82, 2.24) is 24.6 Å². The van der Waals surface area contributed by atoms with E-state index in [4.69, 9.17) is 0 Å². The molecule has 4 atom stereocenters. The molecule has 1 aliphatic heterocycles. The molecule has 7 heteroatoms. The zero-order valence-electron chi connectivity index (χ0n) is 15.0. The number of imidazole rings is 1. The number of fused-ring (bicyclic) bond motifs is 2. The molecule has 7 nitrogen and oxygen atoms in total. The lowest BCUT2D eigenvalue weighted by Crippen LogP contribution is -2.35. The summed E-state index contributed by atoms with van der Waals surface area (Å²) in [5.74, 6) is 0.943. The largest absolute Gasteiger partial charge is 0.391 e. The Kier molecular flexibility index (Phi) is 3.97. The van der Waals surface area contributed by atoms with E-state index in [-0.39, 0.29) is 18.1 Å². The van der Waals surface area contributed by atoms with Crippen LogP contribution in [0.4, 0.5) is 0 Å². The van der Waals surface area contributed by atoms with E-state index in [2.05, 4.69) is 15.2 Å². The minimum absolute atomic E-state index is 0.0559. The zero-order valence-corrected chi connectivity index (χ0v) is 15.0. The van der Waals surface area contributed by atoms with Gasteiger partial charge in [0.2, 0.25) is 5.91 Å². The van der Waals surface area contributed by atoms with Gasteiger partial charge in [-0.2, -0.15) is 5.10 Å². The van der Waals surface area contributed by atoms with Crippen molar-refractivity contribution in [3.05, 3.63) is 48.7 Å². The summed E-state index contributed by atoms with van der Waals surface area (Å²) in [5, 5.41) is 18.9. The van der Waals surface area contributed by atoms with Crippen LogP contribution in [-0.4, -0.2) is 54.9 Å². The number of hydrogen-bond donors (Lipinski definition) is 2. The van der Waals surface area contributed by atoms with Crippen molar-refractivity contribution in [3.8, 4) is 0 Å². The molecule has 2 fully saturated rings. The minimum Gasteiger partial charge on any atom is -0.391 e. The van der Waals surface area contributed by atoms with Gasteiger partial charge >= 0.3 is 0 Å². The molecule has 1 saturated heterocycles. The highest BCUT2D eigenvalue weighted by molar-refractivity contribution is 5.87. The number of hydrogen-bond acceptors (Lipinski definition) is 4. The predicted octanol–water partition coefficient (Wildman–Crippen LogP) is 1.77. The second-order valence-electron chi connectivity index (χ2n) is 7.83. The van der Waals surface area contributed by atoms with E-state index < -0.39 is 0 Å². The first-order valence-corrected chi connectivity index (χ1v) is 9.54. The van der Waals surface area contributed by atoms with Crippen LogP contribution >= 0.6 is 0 Å². The van der Waals surface area contributed by atoms with Crippen molar-refractivity contribution >= 4 is 16.8 Å². The molecule has 0 bridgehead atoms. The number of nitrogens with zero attached hydrogens (tertiary/aromatic N) is 4. The molecule has 1 saturated carbocycles. The number of aromatic nitrogens is 4. The molecule has 0 radical (unpaired) electrons. The van der Waals surface area contributed by atoms with Gasteiger partial charge < -0.3 is 14.6 Å². The molecule has 2 aromatic heterocycles. The van der Waals surface area contributed by atoms with Crippen molar-refractivity contribution in [2.45, 2.75) is 31.4 Å². The van der Waals surface area contributed by atoms with E-state index >= 15 is 0 Å². The molecule has 5 rings (SSSR count). The Balaban J connectivity index is 1.28. The van der Waals surface area contributed by atoms with E-state index in [0.29, 0.717) is 18.3 Å².